The summed E-state index contributed by atoms with van der Waals surface area (Å²) < 4.78 is 32.5. The second kappa shape index (κ2) is 11.0. The lowest BCUT2D eigenvalue weighted by atomic mass is 10.0. The molecule has 0 saturated heterocycles. The molecule has 2 heterocycles. The maximum Gasteiger partial charge on any atom is 0.270 e. The lowest BCUT2D eigenvalue weighted by molar-refractivity contribution is 0.0949. The molecule has 0 spiro atoms. The number of sulfonamides is 1. The SMILES string of the molecule is CC(C)c1cccc(Nc2nc3cc(Oc4ccnc(C(=O)NCCNS(C)(=O)=O)c4)ccc3n2C)c1. The number of benzene rings is 2. The molecule has 0 aliphatic carbocycles. The minimum atomic E-state index is -3.31. The van der Waals surface area contributed by atoms with Crippen molar-refractivity contribution in [2.75, 3.05) is 24.7 Å². The number of carbonyl (C=O) groups is 1. The van der Waals surface area contributed by atoms with Gasteiger partial charge in [-0.2, -0.15) is 0 Å². The first-order valence-corrected chi connectivity index (χ1v) is 13.7. The van der Waals surface area contributed by atoms with Crippen LogP contribution >= 0.6 is 0 Å². The Kier molecular flexibility index (Phi) is 7.74. The lowest BCUT2D eigenvalue weighted by Gasteiger charge is -2.10. The van der Waals surface area contributed by atoms with E-state index in [0.29, 0.717) is 23.4 Å². The number of nitrogens with zero attached hydrogens (tertiary/aromatic N) is 3. The Morgan fingerprint density at radius 2 is 1.84 bits per heavy atom. The molecular formula is C26H30N6O4S. The highest BCUT2D eigenvalue weighted by Crippen LogP contribution is 2.29. The largest absolute Gasteiger partial charge is 0.457 e. The molecule has 0 saturated carbocycles. The van der Waals surface area contributed by atoms with Gasteiger partial charge in [0.05, 0.1) is 17.3 Å². The van der Waals surface area contributed by atoms with Gasteiger partial charge in [0.15, 0.2) is 0 Å². The van der Waals surface area contributed by atoms with Gasteiger partial charge in [-0.3, -0.25) is 9.78 Å². The van der Waals surface area contributed by atoms with Crippen molar-refractivity contribution in [1.29, 1.82) is 0 Å². The van der Waals surface area contributed by atoms with Crippen LogP contribution in [0.3, 0.4) is 0 Å². The summed E-state index contributed by atoms with van der Waals surface area (Å²) in [5.74, 6) is 1.71. The van der Waals surface area contributed by atoms with Gasteiger partial charge in [0.2, 0.25) is 16.0 Å². The second-order valence-corrected chi connectivity index (χ2v) is 10.8. The van der Waals surface area contributed by atoms with Gasteiger partial charge in [-0.05, 0) is 41.8 Å². The zero-order chi connectivity index (χ0) is 26.6. The number of hydrogen-bond acceptors (Lipinski definition) is 7. The van der Waals surface area contributed by atoms with Crippen molar-refractivity contribution in [3.8, 4) is 11.5 Å². The number of amides is 1. The van der Waals surface area contributed by atoms with E-state index in [-0.39, 0.29) is 18.8 Å². The molecule has 0 atom stereocenters. The molecule has 37 heavy (non-hydrogen) atoms. The minimum absolute atomic E-state index is 0.0882. The van der Waals surface area contributed by atoms with Crippen molar-refractivity contribution in [3.63, 3.8) is 0 Å². The van der Waals surface area contributed by atoms with Crippen LogP contribution in [-0.4, -0.2) is 48.2 Å². The van der Waals surface area contributed by atoms with Gasteiger partial charge in [-0.25, -0.2) is 18.1 Å². The lowest BCUT2D eigenvalue weighted by Crippen LogP contribution is -2.34. The summed E-state index contributed by atoms with van der Waals surface area (Å²) in [7, 11) is -1.37. The van der Waals surface area contributed by atoms with Crippen molar-refractivity contribution in [2.45, 2.75) is 19.8 Å². The molecule has 1 amide bonds. The van der Waals surface area contributed by atoms with Gasteiger partial charge in [0.1, 0.15) is 17.2 Å². The van der Waals surface area contributed by atoms with Gasteiger partial charge in [0, 0.05) is 44.2 Å². The van der Waals surface area contributed by atoms with Crippen LogP contribution in [0.2, 0.25) is 0 Å². The normalized spacial score (nSPS) is 11.6. The Hall–Kier alpha value is -3.96. The number of fused-ring (bicyclic) bond motifs is 1. The zero-order valence-corrected chi connectivity index (χ0v) is 22.0. The van der Waals surface area contributed by atoms with Crippen LogP contribution in [0.1, 0.15) is 35.8 Å². The first-order valence-electron chi connectivity index (χ1n) is 11.8. The number of nitrogens with one attached hydrogen (secondary N) is 3. The Morgan fingerprint density at radius 3 is 2.59 bits per heavy atom. The third kappa shape index (κ3) is 6.83. The summed E-state index contributed by atoms with van der Waals surface area (Å²) >= 11 is 0. The minimum Gasteiger partial charge on any atom is -0.457 e. The number of ether oxygens (including phenoxy) is 1. The monoisotopic (exact) mass is 522 g/mol. The highest BCUT2D eigenvalue weighted by Gasteiger charge is 2.12. The average Bonchev–Trinajstić information content (AvgIpc) is 3.15. The van der Waals surface area contributed by atoms with Gasteiger partial charge >= 0.3 is 0 Å². The maximum absolute atomic E-state index is 12.4. The van der Waals surface area contributed by atoms with Gasteiger partial charge < -0.3 is 19.9 Å². The predicted molar refractivity (Wildman–Crippen MR) is 144 cm³/mol. The first kappa shape index (κ1) is 26.1. The van der Waals surface area contributed by atoms with E-state index in [1.165, 1.54) is 17.8 Å². The number of hydrogen-bond donors (Lipinski definition) is 3. The van der Waals surface area contributed by atoms with Gasteiger partial charge in [-0.15, -0.1) is 0 Å². The van der Waals surface area contributed by atoms with Crippen LogP contribution in [0.4, 0.5) is 11.6 Å². The number of imidazole rings is 1. The van der Waals surface area contributed by atoms with Crippen LogP contribution < -0.4 is 20.1 Å². The molecule has 0 fully saturated rings. The summed E-state index contributed by atoms with van der Waals surface area (Å²) in [6, 6.07) is 17.1. The van der Waals surface area contributed by atoms with E-state index in [0.717, 1.165) is 23.0 Å². The molecule has 194 valence electrons. The van der Waals surface area contributed by atoms with Crippen LogP contribution in [0.15, 0.2) is 60.8 Å². The molecule has 0 bridgehead atoms. The van der Waals surface area contributed by atoms with Crippen LogP contribution in [0.25, 0.3) is 11.0 Å². The average molecular weight is 523 g/mol. The van der Waals surface area contributed by atoms with E-state index in [1.54, 1.807) is 6.07 Å². The Labute approximate surface area is 216 Å². The van der Waals surface area contributed by atoms with E-state index in [1.807, 2.05) is 41.9 Å². The molecule has 0 aliphatic heterocycles. The Morgan fingerprint density at radius 1 is 1.05 bits per heavy atom. The fraction of sp³-hybridized carbons (Fsp3) is 0.269. The number of aryl methyl sites for hydroxylation is 1. The number of aromatic nitrogens is 3. The number of pyridine rings is 1. The van der Waals surface area contributed by atoms with Crippen LogP contribution in [0.5, 0.6) is 11.5 Å². The molecule has 4 aromatic rings. The standard InChI is InChI=1S/C26H30N6O4S/c1-17(2)18-6-5-7-19(14-18)30-26-31-22-15-20(8-9-24(22)32(26)3)36-21-10-11-27-23(16-21)25(33)28-12-13-29-37(4,34)35/h5-11,14-17,29H,12-13H2,1-4H3,(H,28,33)(H,30,31). The van der Waals surface area contributed by atoms with Crippen molar-refractivity contribution < 1.29 is 17.9 Å². The van der Waals surface area contributed by atoms with E-state index in [9.17, 15) is 13.2 Å². The fourth-order valence-electron chi connectivity index (χ4n) is 3.70. The van der Waals surface area contributed by atoms with Gasteiger partial charge in [0.25, 0.3) is 5.91 Å². The molecular weight excluding hydrogens is 492 g/mol. The summed E-state index contributed by atoms with van der Waals surface area (Å²) in [6.45, 7) is 4.54. The second-order valence-electron chi connectivity index (χ2n) is 8.95. The molecule has 0 aliphatic rings. The molecule has 10 nitrogen and oxygen atoms in total. The summed E-state index contributed by atoms with van der Waals surface area (Å²) in [5.41, 5.74) is 4.07. The van der Waals surface area contributed by atoms with Crippen LogP contribution in [-0.2, 0) is 17.1 Å². The third-order valence-electron chi connectivity index (χ3n) is 5.64. The van der Waals surface area contributed by atoms with Crippen molar-refractivity contribution in [3.05, 3.63) is 72.1 Å². The van der Waals surface area contributed by atoms with Crippen molar-refractivity contribution in [1.82, 2.24) is 24.6 Å². The summed E-state index contributed by atoms with van der Waals surface area (Å²) in [5, 5.41) is 6.02. The number of rotatable bonds is 10. The molecule has 2 aromatic carbocycles. The maximum atomic E-state index is 12.4. The number of anilines is 2. The highest BCUT2D eigenvalue weighted by molar-refractivity contribution is 7.88. The molecule has 3 N–H and O–H groups in total. The molecule has 4 rings (SSSR count). The quantitative estimate of drug-likeness (QED) is 0.270. The smallest absolute Gasteiger partial charge is 0.270 e. The van der Waals surface area contributed by atoms with Crippen molar-refractivity contribution >= 4 is 38.6 Å². The summed E-state index contributed by atoms with van der Waals surface area (Å²) in [6.07, 6.45) is 2.54. The molecule has 0 unspecified atom stereocenters. The Balaban J connectivity index is 1.46. The van der Waals surface area contributed by atoms with Gasteiger partial charge in [-0.1, -0.05) is 26.0 Å². The topological polar surface area (TPSA) is 127 Å². The van der Waals surface area contributed by atoms with Crippen molar-refractivity contribution in [2.24, 2.45) is 7.05 Å². The van der Waals surface area contributed by atoms with E-state index in [2.05, 4.69) is 46.3 Å². The fourth-order valence-corrected chi connectivity index (χ4v) is 4.17. The third-order valence-corrected chi connectivity index (χ3v) is 6.36. The molecule has 2 aromatic heterocycles. The summed E-state index contributed by atoms with van der Waals surface area (Å²) in [4.78, 5) is 21.2. The first-order chi connectivity index (χ1) is 17.6. The Bertz CT molecular complexity index is 1530. The zero-order valence-electron chi connectivity index (χ0n) is 21.1. The van der Waals surface area contributed by atoms with Crippen LogP contribution in [0, 0.1) is 0 Å². The molecule has 0 radical (unpaired) electrons. The van der Waals surface area contributed by atoms with E-state index in [4.69, 9.17) is 9.72 Å². The van der Waals surface area contributed by atoms with E-state index < -0.39 is 15.9 Å². The van der Waals surface area contributed by atoms with E-state index >= 15 is 0 Å². The highest BCUT2D eigenvalue weighted by atomic mass is 32.2. The predicted octanol–water partition coefficient (Wildman–Crippen LogP) is 3.91. The molecule has 11 heteroatoms. The number of carbonyl (C=O) groups excluding carboxylic acids is 1.